The molecule has 4 aromatic rings. The van der Waals surface area contributed by atoms with Crippen LogP contribution in [0.25, 0.3) is 10.9 Å². The molecule has 2 N–H and O–H groups in total. The third kappa shape index (κ3) is 5.89. The summed E-state index contributed by atoms with van der Waals surface area (Å²) in [6, 6.07) is 15.3. The molecule has 0 atom stereocenters. The van der Waals surface area contributed by atoms with Gasteiger partial charge in [-0.05, 0) is 49.2 Å². The molecule has 0 aliphatic carbocycles. The zero-order valence-corrected chi connectivity index (χ0v) is 19.6. The molecule has 176 valence electrons. The van der Waals surface area contributed by atoms with Crippen molar-refractivity contribution in [3.05, 3.63) is 72.2 Å². The zero-order valence-electron chi connectivity index (χ0n) is 19.6. The summed E-state index contributed by atoms with van der Waals surface area (Å²) in [5.41, 5.74) is 2.48. The van der Waals surface area contributed by atoms with Gasteiger partial charge in [-0.2, -0.15) is 9.97 Å². The normalized spacial score (nSPS) is 10.9. The molecule has 8 nitrogen and oxygen atoms in total. The number of fused-ring (bicyclic) bond motifs is 1. The molecule has 4 rings (SSSR count). The second-order valence-corrected chi connectivity index (χ2v) is 8.03. The highest BCUT2D eigenvalue weighted by Crippen LogP contribution is 2.22. The summed E-state index contributed by atoms with van der Waals surface area (Å²) in [5, 5.41) is 3.90. The fraction of sp³-hybridized carbons (Fsp3) is 0.308. The number of anilines is 2. The third-order valence-corrected chi connectivity index (χ3v) is 5.38. The van der Waals surface area contributed by atoms with Crippen LogP contribution in [0, 0.1) is 0 Å². The number of ether oxygens (including phenoxy) is 1. The minimum atomic E-state index is -0.232. The summed E-state index contributed by atoms with van der Waals surface area (Å²) in [6.07, 6.45) is 6.23. The van der Waals surface area contributed by atoms with Gasteiger partial charge in [-0.15, -0.1) is 0 Å². The highest BCUT2D eigenvalue weighted by molar-refractivity contribution is 6.05. The van der Waals surface area contributed by atoms with E-state index in [2.05, 4.69) is 44.0 Å². The lowest BCUT2D eigenvalue weighted by Crippen LogP contribution is -2.26. The quantitative estimate of drug-likeness (QED) is 0.333. The highest BCUT2D eigenvalue weighted by atomic mass is 16.5. The van der Waals surface area contributed by atoms with E-state index in [9.17, 15) is 4.79 Å². The van der Waals surface area contributed by atoms with Crippen LogP contribution < -0.4 is 15.0 Å². The average molecular weight is 459 g/mol. The summed E-state index contributed by atoms with van der Waals surface area (Å²) >= 11 is 0. The molecule has 0 saturated carbocycles. The smallest absolute Gasteiger partial charge is 0.320 e. The van der Waals surface area contributed by atoms with Crippen molar-refractivity contribution >= 4 is 28.4 Å². The molecule has 0 aliphatic heterocycles. The van der Waals surface area contributed by atoms with E-state index in [0.717, 1.165) is 48.3 Å². The summed E-state index contributed by atoms with van der Waals surface area (Å²) < 4.78 is 5.89. The van der Waals surface area contributed by atoms with Crippen LogP contribution >= 0.6 is 0 Å². The second-order valence-electron chi connectivity index (χ2n) is 8.03. The van der Waals surface area contributed by atoms with E-state index in [4.69, 9.17) is 4.74 Å². The first-order valence-electron chi connectivity index (χ1n) is 11.7. The molecule has 0 fully saturated rings. The van der Waals surface area contributed by atoms with Crippen LogP contribution in [0.1, 0.15) is 42.7 Å². The van der Waals surface area contributed by atoms with E-state index in [1.165, 1.54) is 0 Å². The van der Waals surface area contributed by atoms with Gasteiger partial charge < -0.3 is 19.9 Å². The Hall–Kier alpha value is -3.94. The first kappa shape index (κ1) is 23.2. The largest absolute Gasteiger partial charge is 0.463 e. The van der Waals surface area contributed by atoms with E-state index in [1.807, 2.05) is 48.7 Å². The number of pyridine rings is 1. The number of nitrogens with one attached hydrogen (secondary N) is 2. The van der Waals surface area contributed by atoms with Gasteiger partial charge in [-0.3, -0.25) is 9.78 Å². The van der Waals surface area contributed by atoms with Crippen LogP contribution in [0.3, 0.4) is 0 Å². The van der Waals surface area contributed by atoms with Crippen LogP contribution in [-0.4, -0.2) is 45.5 Å². The summed E-state index contributed by atoms with van der Waals surface area (Å²) in [7, 11) is 0. The molecule has 0 unspecified atom stereocenters. The Labute approximate surface area is 199 Å². The van der Waals surface area contributed by atoms with E-state index < -0.39 is 0 Å². The van der Waals surface area contributed by atoms with Crippen molar-refractivity contribution in [2.75, 3.05) is 29.9 Å². The molecule has 0 bridgehead atoms. The Balaban J connectivity index is 1.55. The molecule has 0 spiro atoms. The van der Waals surface area contributed by atoms with Gasteiger partial charge in [-0.1, -0.05) is 19.9 Å². The molecule has 0 radical (unpaired) electrons. The monoisotopic (exact) mass is 458 g/mol. The van der Waals surface area contributed by atoms with Gasteiger partial charge in [0.25, 0.3) is 5.91 Å². The number of hydrogen-bond donors (Lipinski definition) is 2. The predicted octanol–water partition coefficient (Wildman–Crippen LogP) is 4.85. The topological polar surface area (TPSA) is 96.0 Å². The molecular formula is C26H30N6O2. The van der Waals surface area contributed by atoms with Gasteiger partial charge >= 0.3 is 6.01 Å². The highest BCUT2D eigenvalue weighted by Gasteiger charge is 2.15. The molecule has 1 aromatic carbocycles. The molecular weight excluding hydrogens is 428 g/mol. The fourth-order valence-corrected chi connectivity index (χ4v) is 3.76. The Morgan fingerprint density at radius 2 is 1.91 bits per heavy atom. The SMILES string of the molecule is CCCN(CCC)c1cc(NC(=O)c2ccc3[nH]ccc3c2)nc(OCCc2ccccn2)n1. The molecule has 0 aliphatic rings. The Morgan fingerprint density at radius 3 is 2.68 bits per heavy atom. The van der Waals surface area contributed by atoms with Gasteiger partial charge in [0.05, 0.1) is 6.61 Å². The van der Waals surface area contributed by atoms with E-state index >= 15 is 0 Å². The molecule has 8 heteroatoms. The second kappa shape index (κ2) is 11.3. The van der Waals surface area contributed by atoms with Crippen molar-refractivity contribution in [2.24, 2.45) is 0 Å². The number of aromatic nitrogens is 4. The van der Waals surface area contributed by atoms with Gasteiger partial charge in [0.1, 0.15) is 11.6 Å². The number of H-pyrrole nitrogens is 1. The average Bonchev–Trinajstić information content (AvgIpc) is 3.32. The Kier molecular flexibility index (Phi) is 7.70. The summed E-state index contributed by atoms with van der Waals surface area (Å²) in [6.45, 7) is 6.37. The Bertz CT molecular complexity index is 1220. The van der Waals surface area contributed by atoms with Crippen LogP contribution in [0.5, 0.6) is 6.01 Å². The van der Waals surface area contributed by atoms with Crippen LogP contribution in [0.15, 0.2) is 60.9 Å². The number of aromatic amines is 1. The van der Waals surface area contributed by atoms with E-state index in [0.29, 0.717) is 24.4 Å². The number of amides is 1. The van der Waals surface area contributed by atoms with Crippen molar-refractivity contribution in [3.8, 4) is 6.01 Å². The van der Waals surface area contributed by atoms with Gasteiger partial charge in [0.15, 0.2) is 0 Å². The van der Waals surface area contributed by atoms with E-state index in [-0.39, 0.29) is 11.9 Å². The van der Waals surface area contributed by atoms with Crippen molar-refractivity contribution in [2.45, 2.75) is 33.1 Å². The predicted molar refractivity (Wildman–Crippen MR) is 135 cm³/mol. The minimum absolute atomic E-state index is 0.232. The molecule has 0 saturated heterocycles. The van der Waals surface area contributed by atoms with Crippen LogP contribution in [0.4, 0.5) is 11.6 Å². The number of carbonyl (C=O) groups is 1. The number of benzene rings is 1. The Morgan fingerprint density at radius 1 is 1.06 bits per heavy atom. The molecule has 34 heavy (non-hydrogen) atoms. The van der Waals surface area contributed by atoms with Crippen LogP contribution in [0.2, 0.25) is 0 Å². The maximum atomic E-state index is 13.0. The lowest BCUT2D eigenvalue weighted by Gasteiger charge is -2.23. The number of hydrogen-bond acceptors (Lipinski definition) is 6. The van der Waals surface area contributed by atoms with Gasteiger partial charge in [0.2, 0.25) is 0 Å². The molecule has 3 heterocycles. The van der Waals surface area contributed by atoms with Crippen molar-refractivity contribution in [3.63, 3.8) is 0 Å². The molecule has 1 amide bonds. The first-order valence-corrected chi connectivity index (χ1v) is 11.7. The standard InChI is InChI=1S/C26H30N6O2/c1-3-14-32(15-4-2)24-18-23(29-25(33)20-8-9-22-19(17-20)10-13-28-22)30-26(31-24)34-16-11-21-7-5-6-12-27-21/h5-10,12-13,17-18,28H,3-4,11,14-16H2,1-2H3,(H,29,30,31,33). The minimum Gasteiger partial charge on any atom is -0.463 e. The van der Waals surface area contributed by atoms with Crippen molar-refractivity contribution in [1.29, 1.82) is 0 Å². The van der Waals surface area contributed by atoms with Gasteiger partial charge in [-0.25, -0.2) is 0 Å². The molecule has 3 aromatic heterocycles. The summed E-state index contributed by atoms with van der Waals surface area (Å²) in [5.74, 6) is 0.918. The van der Waals surface area contributed by atoms with E-state index in [1.54, 1.807) is 12.3 Å². The fourth-order valence-electron chi connectivity index (χ4n) is 3.76. The maximum Gasteiger partial charge on any atom is 0.320 e. The summed E-state index contributed by atoms with van der Waals surface area (Å²) in [4.78, 5) is 31.7. The maximum absolute atomic E-state index is 13.0. The number of nitrogens with zero attached hydrogens (tertiary/aromatic N) is 4. The first-order chi connectivity index (χ1) is 16.7. The third-order valence-electron chi connectivity index (χ3n) is 5.38. The number of rotatable bonds is 11. The van der Waals surface area contributed by atoms with Crippen molar-refractivity contribution < 1.29 is 9.53 Å². The number of carbonyl (C=O) groups excluding carboxylic acids is 1. The van der Waals surface area contributed by atoms with Gasteiger partial charge in [0, 0.05) is 60.1 Å². The zero-order chi connectivity index (χ0) is 23.8. The lowest BCUT2D eigenvalue weighted by molar-refractivity contribution is 0.102. The van der Waals surface area contributed by atoms with Crippen molar-refractivity contribution in [1.82, 2.24) is 19.9 Å². The lowest BCUT2D eigenvalue weighted by atomic mass is 10.1. The van der Waals surface area contributed by atoms with Crippen LogP contribution in [-0.2, 0) is 6.42 Å².